The maximum atomic E-state index is 11.6. The van der Waals surface area contributed by atoms with Crippen LogP contribution in [-0.2, 0) is 25.4 Å². The van der Waals surface area contributed by atoms with Crippen molar-refractivity contribution >= 4 is 5.97 Å². The van der Waals surface area contributed by atoms with Crippen LogP contribution < -0.4 is 5.73 Å². The third-order valence-electron chi connectivity index (χ3n) is 2.50. The van der Waals surface area contributed by atoms with E-state index in [9.17, 15) is 4.79 Å². The second-order valence-electron chi connectivity index (χ2n) is 4.07. The number of carbonyl (C=O) groups excluding carboxylic acids is 1. The molecule has 1 aromatic rings. The Morgan fingerprint density at radius 3 is 2.53 bits per heavy atom. The number of carbonyl (C=O) groups is 1. The molecule has 0 saturated carbocycles. The lowest BCUT2D eigenvalue weighted by molar-refractivity contribution is -0.146. The third kappa shape index (κ3) is 6.91. The van der Waals surface area contributed by atoms with Crippen molar-refractivity contribution in [1.82, 2.24) is 0 Å². The quantitative estimate of drug-likeness (QED) is 0.528. The fourth-order valence-electron chi connectivity index (χ4n) is 1.50. The fourth-order valence-corrected chi connectivity index (χ4v) is 1.50. The summed E-state index contributed by atoms with van der Waals surface area (Å²) >= 11 is 0. The first-order chi connectivity index (χ1) is 9.24. The van der Waals surface area contributed by atoms with E-state index in [1.54, 1.807) is 7.11 Å². The van der Waals surface area contributed by atoms with Gasteiger partial charge in [0, 0.05) is 7.11 Å². The minimum Gasteiger partial charge on any atom is -0.462 e. The van der Waals surface area contributed by atoms with Crippen LogP contribution in [0.25, 0.3) is 0 Å². The van der Waals surface area contributed by atoms with Crippen LogP contribution in [0.15, 0.2) is 30.3 Å². The monoisotopic (exact) mass is 267 g/mol. The predicted octanol–water partition coefficient (Wildman–Crippen LogP) is 0.763. The molecule has 0 amide bonds. The molecule has 0 aliphatic heterocycles. The number of ether oxygens (including phenoxy) is 3. The average Bonchev–Trinajstić information content (AvgIpc) is 2.43. The molecule has 0 saturated heterocycles. The lowest BCUT2D eigenvalue weighted by Crippen LogP contribution is -2.35. The minimum atomic E-state index is -0.638. The molecule has 1 rings (SSSR count). The molecule has 0 aliphatic carbocycles. The summed E-state index contributed by atoms with van der Waals surface area (Å²) < 4.78 is 15.0. The van der Waals surface area contributed by atoms with Crippen LogP contribution in [0.3, 0.4) is 0 Å². The van der Waals surface area contributed by atoms with Gasteiger partial charge < -0.3 is 19.9 Å². The molecule has 106 valence electrons. The van der Waals surface area contributed by atoms with Gasteiger partial charge in [-0.15, -0.1) is 0 Å². The molecule has 2 N–H and O–H groups in total. The summed E-state index contributed by atoms with van der Waals surface area (Å²) in [5, 5.41) is 0. The van der Waals surface area contributed by atoms with E-state index >= 15 is 0 Å². The molecule has 19 heavy (non-hydrogen) atoms. The summed E-state index contributed by atoms with van der Waals surface area (Å²) in [6.07, 6.45) is 0.476. The van der Waals surface area contributed by atoms with Crippen LogP contribution in [0, 0.1) is 0 Å². The van der Waals surface area contributed by atoms with E-state index in [4.69, 9.17) is 19.9 Å². The molecular formula is C14H21NO4. The smallest absolute Gasteiger partial charge is 0.323 e. The summed E-state index contributed by atoms with van der Waals surface area (Å²) in [4.78, 5) is 11.6. The standard InChI is InChI=1S/C14H21NO4/c1-17-7-8-18-9-10-19-14(16)13(15)11-12-5-3-2-4-6-12/h2-6,13H,7-11,15H2,1H3/t13-/m1/s1. The normalized spacial score (nSPS) is 12.1. The Bertz CT molecular complexity index is 356. The van der Waals surface area contributed by atoms with Gasteiger partial charge in [-0.05, 0) is 12.0 Å². The Balaban J connectivity index is 2.15. The second-order valence-corrected chi connectivity index (χ2v) is 4.07. The largest absolute Gasteiger partial charge is 0.462 e. The molecule has 0 bridgehead atoms. The van der Waals surface area contributed by atoms with E-state index in [1.165, 1.54) is 0 Å². The molecule has 0 radical (unpaired) electrons. The van der Waals surface area contributed by atoms with E-state index in [-0.39, 0.29) is 6.61 Å². The molecule has 0 heterocycles. The number of rotatable bonds is 9. The van der Waals surface area contributed by atoms with Crippen molar-refractivity contribution in [3.63, 3.8) is 0 Å². The zero-order chi connectivity index (χ0) is 13.9. The second kappa shape index (κ2) is 9.49. The van der Waals surface area contributed by atoms with Gasteiger partial charge in [-0.1, -0.05) is 30.3 Å². The number of hydrogen-bond acceptors (Lipinski definition) is 5. The van der Waals surface area contributed by atoms with E-state index in [2.05, 4.69) is 0 Å². The van der Waals surface area contributed by atoms with Crippen LogP contribution >= 0.6 is 0 Å². The molecule has 0 aromatic heterocycles. The Labute approximate surface area is 113 Å². The van der Waals surface area contributed by atoms with E-state index in [0.29, 0.717) is 26.2 Å². The van der Waals surface area contributed by atoms with Gasteiger partial charge in [-0.25, -0.2) is 0 Å². The molecule has 0 fully saturated rings. The summed E-state index contributed by atoms with van der Waals surface area (Å²) in [6, 6.07) is 8.97. The van der Waals surface area contributed by atoms with E-state index in [0.717, 1.165) is 5.56 Å². The van der Waals surface area contributed by atoms with Crippen molar-refractivity contribution < 1.29 is 19.0 Å². The number of nitrogens with two attached hydrogens (primary N) is 1. The van der Waals surface area contributed by atoms with E-state index < -0.39 is 12.0 Å². The third-order valence-corrected chi connectivity index (χ3v) is 2.50. The fraction of sp³-hybridized carbons (Fsp3) is 0.500. The SMILES string of the molecule is COCCOCCOC(=O)[C@H](N)Cc1ccccc1. The zero-order valence-corrected chi connectivity index (χ0v) is 11.2. The van der Waals surface area contributed by atoms with Crippen LogP contribution in [-0.4, -0.2) is 45.5 Å². The minimum absolute atomic E-state index is 0.213. The zero-order valence-electron chi connectivity index (χ0n) is 11.2. The predicted molar refractivity (Wildman–Crippen MR) is 71.8 cm³/mol. The van der Waals surface area contributed by atoms with Gasteiger partial charge in [-0.3, -0.25) is 4.79 Å². The van der Waals surface area contributed by atoms with Gasteiger partial charge in [0.1, 0.15) is 12.6 Å². The molecule has 0 aliphatic rings. The van der Waals surface area contributed by atoms with Gasteiger partial charge in [0.15, 0.2) is 0 Å². The Hall–Kier alpha value is -1.43. The first-order valence-electron chi connectivity index (χ1n) is 6.27. The van der Waals surface area contributed by atoms with Crippen molar-refractivity contribution in [1.29, 1.82) is 0 Å². The van der Waals surface area contributed by atoms with Gasteiger partial charge in [0.25, 0.3) is 0 Å². The highest BCUT2D eigenvalue weighted by Gasteiger charge is 2.15. The van der Waals surface area contributed by atoms with Crippen LogP contribution in [0.1, 0.15) is 5.56 Å². The number of hydrogen-bond donors (Lipinski definition) is 1. The van der Waals surface area contributed by atoms with Crippen molar-refractivity contribution in [2.24, 2.45) is 5.73 Å². The summed E-state index contributed by atoms with van der Waals surface area (Å²) in [5.41, 5.74) is 6.79. The molecule has 0 unspecified atom stereocenters. The van der Waals surface area contributed by atoms with Crippen LogP contribution in [0.5, 0.6) is 0 Å². The summed E-state index contributed by atoms with van der Waals surface area (Å²) in [6.45, 7) is 1.59. The Morgan fingerprint density at radius 1 is 1.16 bits per heavy atom. The lowest BCUT2D eigenvalue weighted by atomic mass is 10.1. The first kappa shape index (κ1) is 15.6. The van der Waals surface area contributed by atoms with E-state index in [1.807, 2.05) is 30.3 Å². The summed E-state index contributed by atoms with van der Waals surface area (Å²) in [7, 11) is 1.60. The lowest BCUT2D eigenvalue weighted by Gasteiger charge is -2.11. The van der Waals surface area contributed by atoms with Crippen molar-refractivity contribution in [3.8, 4) is 0 Å². The van der Waals surface area contributed by atoms with Gasteiger partial charge in [0.2, 0.25) is 0 Å². The van der Waals surface area contributed by atoms with Crippen molar-refractivity contribution in [3.05, 3.63) is 35.9 Å². The van der Waals surface area contributed by atoms with Crippen LogP contribution in [0.2, 0.25) is 0 Å². The molecule has 5 heteroatoms. The molecule has 5 nitrogen and oxygen atoms in total. The number of methoxy groups -OCH3 is 1. The first-order valence-corrected chi connectivity index (χ1v) is 6.27. The molecular weight excluding hydrogens is 246 g/mol. The topological polar surface area (TPSA) is 70.8 Å². The Morgan fingerprint density at radius 2 is 1.84 bits per heavy atom. The highest BCUT2D eigenvalue weighted by molar-refractivity contribution is 5.75. The maximum absolute atomic E-state index is 11.6. The Kier molecular flexibility index (Phi) is 7.81. The van der Waals surface area contributed by atoms with Gasteiger partial charge in [0.05, 0.1) is 19.8 Å². The van der Waals surface area contributed by atoms with Gasteiger partial charge >= 0.3 is 5.97 Å². The highest BCUT2D eigenvalue weighted by Crippen LogP contribution is 2.02. The molecule has 0 spiro atoms. The maximum Gasteiger partial charge on any atom is 0.323 e. The van der Waals surface area contributed by atoms with Crippen LogP contribution in [0.4, 0.5) is 0 Å². The number of benzene rings is 1. The average molecular weight is 267 g/mol. The molecule has 1 aromatic carbocycles. The number of esters is 1. The highest BCUT2D eigenvalue weighted by atomic mass is 16.6. The van der Waals surface area contributed by atoms with Crippen molar-refractivity contribution in [2.75, 3.05) is 33.5 Å². The molecule has 1 atom stereocenters. The van der Waals surface area contributed by atoms with Gasteiger partial charge in [-0.2, -0.15) is 0 Å². The van der Waals surface area contributed by atoms with Crippen molar-refractivity contribution in [2.45, 2.75) is 12.5 Å². The summed E-state index contributed by atoms with van der Waals surface area (Å²) in [5.74, 6) is -0.404.